The van der Waals surface area contributed by atoms with Gasteiger partial charge in [-0.3, -0.25) is 4.79 Å². The number of aliphatic imine (C=N–C) groups is 1. The van der Waals surface area contributed by atoms with Crippen LogP contribution in [0.15, 0.2) is 22.5 Å². The van der Waals surface area contributed by atoms with E-state index in [-0.39, 0.29) is 36.4 Å². The Bertz CT molecular complexity index is 558. The van der Waals surface area contributed by atoms with E-state index >= 15 is 0 Å². The molecule has 1 saturated carbocycles. The molecule has 1 unspecified atom stereocenters. The fourth-order valence-electron chi connectivity index (χ4n) is 2.94. The summed E-state index contributed by atoms with van der Waals surface area (Å²) in [6, 6.07) is 4.13. The highest BCUT2D eigenvalue weighted by atomic mass is 127. The molecule has 1 aromatic rings. The summed E-state index contributed by atoms with van der Waals surface area (Å²) >= 11 is 1.52. The van der Waals surface area contributed by atoms with Crippen LogP contribution in [0, 0.1) is 0 Å². The van der Waals surface area contributed by atoms with Crippen molar-refractivity contribution in [1.29, 1.82) is 0 Å². The van der Waals surface area contributed by atoms with E-state index in [1.165, 1.54) is 30.6 Å². The molecule has 6 nitrogen and oxygen atoms in total. The standard InChI is InChI=1S/C18H30N4O2S.HI/c1-3-19-17(21-13-18(2,24)15-10-7-11-25-15)20-12-16(23)22-14-8-5-4-6-9-14;/h7,10-11,14,24H,3-6,8-9,12-13H2,1-2H3,(H,22,23)(H2,19,20,21);1H. The molecule has 0 spiro atoms. The van der Waals surface area contributed by atoms with Crippen molar-refractivity contribution in [3.63, 3.8) is 0 Å². The molecule has 2 rings (SSSR count). The summed E-state index contributed by atoms with van der Waals surface area (Å²) in [5.41, 5.74) is -0.977. The van der Waals surface area contributed by atoms with Crippen LogP contribution in [-0.4, -0.2) is 42.6 Å². The molecule has 1 fully saturated rings. The van der Waals surface area contributed by atoms with E-state index in [4.69, 9.17) is 0 Å². The Hall–Kier alpha value is -0.870. The van der Waals surface area contributed by atoms with Crippen molar-refractivity contribution in [2.45, 2.75) is 57.6 Å². The number of hydrogen-bond acceptors (Lipinski definition) is 4. The average molecular weight is 494 g/mol. The van der Waals surface area contributed by atoms with Gasteiger partial charge in [0.2, 0.25) is 5.91 Å². The second-order valence-electron chi connectivity index (χ2n) is 6.70. The fraction of sp³-hybridized carbons (Fsp3) is 0.667. The zero-order valence-electron chi connectivity index (χ0n) is 15.6. The van der Waals surface area contributed by atoms with Crippen LogP contribution in [0.2, 0.25) is 0 Å². The minimum absolute atomic E-state index is 0. The number of rotatable bonds is 7. The topological polar surface area (TPSA) is 85.8 Å². The molecule has 0 aromatic carbocycles. The first-order valence-corrected chi connectivity index (χ1v) is 9.97. The lowest BCUT2D eigenvalue weighted by atomic mass is 9.95. The van der Waals surface area contributed by atoms with Gasteiger partial charge in [-0.2, -0.15) is 0 Å². The highest BCUT2D eigenvalue weighted by Crippen LogP contribution is 2.24. The minimum atomic E-state index is -0.977. The molecule has 0 bridgehead atoms. The van der Waals surface area contributed by atoms with Gasteiger partial charge in [-0.15, -0.1) is 35.3 Å². The molecule has 1 heterocycles. The quantitative estimate of drug-likeness (QED) is 0.267. The predicted molar refractivity (Wildman–Crippen MR) is 118 cm³/mol. The van der Waals surface area contributed by atoms with Crippen molar-refractivity contribution >= 4 is 47.2 Å². The SMILES string of the molecule is CCNC(=NCC(=O)NC1CCCCC1)NCC(C)(O)c1cccs1.I. The van der Waals surface area contributed by atoms with Gasteiger partial charge in [0.05, 0.1) is 6.54 Å². The van der Waals surface area contributed by atoms with E-state index in [0.717, 1.165) is 17.7 Å². The monoisotopic (exact) mass is 494 g/mol. The molecule has 8 heteroatoms. The van der Waals surface area contributed by atoms with Crippen LogP contribution in [0.1, 0.15) is 50.8 Å². The lowest BCUT2D eigenvalue weighted by Crippen LogP contribution is -2.45. The molecule has 1 aliphatic rings. The number of thiophene rings is 1. The van der Waals surface area contributed by atoms with Crippen molar-refractivity contribution < 1.29 is 9.90 Å². The number of halogens is 1. The molecular weight excluding hydrogens is 463 g/mol. The van der Waals surface area contributed by atoms with Crippen molar-refractivity contribution in [2.24, 2.45) is 4.99 Å². The third kappa shape index (κ3) is 7.79. The first-order valence-electron chi connectivity index (χ1n) is 9.09. The predicted octanol–water partition coefficient (Wildman–Crippen LogP) is 2.58. The number of nitrogens with one attached hydrogen (secondary N) is 3. The van der Waals surface area contributed by atoms with E-state index < -0.39 is 5.60 Å². The normalized spacial score (nSPS) is 17.7. The Balaban J connectivity index is 0.00000338. The number of carbonyl (C=O) groups is 1. The van der Waals surface area contributed by atoms with Crippen molar-refractivity contribution in [2.75, 3.05) is 19.6 Å². The molecule has 1 atom stereocenters. The Morgan fingerprint density at radius 2 is 2.08 bits per heavy atom. The van der Waals surface area contributed by atoms with Crippen LogP contribution in [0.4, 0.5) is 0 Å². The summed E-state index contributed by atoms with van der Waals surface area (Å²) in [6.07, 6.45) is 5.78. The lowest BCUT2D eigenvalue weighted by Gasteiger charge is -2.24. The summed E-state index contributed by atoms with van der Waals surface area (Å²) < 4.78 is 0. The van der Waals surface area contributed by atoms with Gasteiger partial charge in [0.15, 0.2) is 5.96 Å². The molecule has 26 heavy (non-hydrogen) atoms. The number of aliphatic hydroxyl groups is 1. The minimum Gasteiger partial charge on any atom is -0.383 e. The lowest BCUT2D eigenvalue weighted by molar-refractivity contribution is -0.120. The van der Waals surface area contributed by atoms with E-state index in [1.807, 2.05) is 24.4 Å². The van der Waals surface area contributed by atoms with Gasteiger partial charge < -0.3 is 21.1 Å². The fourth-order valence-corrected chi connectivity index (χ4v) is 3.73. The summed E-state index contributed by atoms with van der Waals surface area (Å²) in [4.78, 5) is 17.3. The highest BCUT2D eigenvalue weighted by Gasteiger charge is 2.24. The van der Waals surface area contributed by atoms with Crippen molar-refractivity contribution in [3.05, 3.63) is 22.4 Å². The van der Waals surface area contributed by atoms with Gasteiger partial charge >= 0.3 is 0 Å². The van der Waals surface area contributed by atoms with Crippen LogP contribution in [-0.2, 0) is 10.4 Å². The average Bonchev–Trinajstić information content (AvgIpc) is 3.14. The van der Waals surface area contributed by atoms with Crippen LogP contribution in [0.25, 0.3) is 0 Å². The van der Waals surface area contributed by atoms with Crippen LogP contribution < -0.4 is 16.0 Å². The summed E-state index contributed by atoms with van der Waals surface area (Å²) in [5, 5.41) is 21.8. The summed E-state index contributed by atoms with van der Waals surface area (Å²) in [7, 11) is 0. The molecule has 148 valence electrons. The molecule has 0 aliphatic heterocycles. The molecule has 4 N–H and O–H groups in total. The molecule has 0 saturated heterocycles. The van der Waals surface area contributed by atoms with Crippen molar-refractivity contribution in [1.82, 2.24) is 16.0 Å². The maximum atomic E-state index is 12.1. The smallest absolute Gasteiger partial charge is 0.242 e. The third-order valence-corrected chi connectivity index (χ3v) is 5.47. The number of carbonyl (C=O) groups excluding carboxylic acids is 1. The van der Waals surface area contributed by atoms with Crippen LogP contribution in [0.5, 0.6) is 0 Å². The van der Waals surface area contributed by atoms with Crippen molar-refractivity contribution in [3.8, 4) is 0 Å². The second-order valence-corrected chi connectivity index (χ2v) is 7.65. The zero-order valence-corrected chi connectivity index (χ0v) is 18.7. The molecule has 1 aliphatic carbocycles. The maximum Gasteiger partial charge on any atom is 0.242 e. The number of nitrogens with zero attached hydrogens (tertiary/aromatic N) is 1. The van der Waals surface area contributed by atoms with Gasteiger partial charge in [-0.1, -0.05) is 25.3 Å². The van der Waals surface area contributed by atoms with Crippen LogP contribution in [0.3, 0.4) is 0 Å². The summed E-state index contributed by atoms with van der Waals surface area (Å²) in [6.45, 7) is 4.84. The molecule has 1 aromatic heterocycles. The number of hydrogen-bond donors (Lipinski definition) is 4. The third-order valence-electron chi connectivity index (χ3n) is 4.35. The second kappa shape index (κ2) is 11.8. The first-order chi connectivity index (χ1) is 12.0. The van der Waals surface area contributed by atoms with E-state index in [0.29, 0.717) is 25.1 Å². The Kier molecular flexibility index (Phi) is 10.5. The first kappa shape index (κ1) is 23.2. The van der Waals surface area contributed by atoms with Crippen LogP contribution >= 0.6 is 35.3 Å². The summed E-state index contributed by atoms with van der Waals surface area (Å²) in [5.74, 6) is 0.493. The van der Waals surface area contributed by atoms with Gasteiger partial charge in [0.1, 0.15) is 12.1 Å². The Morgan fingerprint density at radius 3 is 2.69 bits per heavy atom. The van der Waals surface area contributed by atoms with Gasteiger partial charge in [0.25, 0.3) is 0 Å². The Labute approximate surface area is 177 Å². The van der Waals surface area contributed by atoms with Gasteiger partial charge in [-0.05, 0) is 38.1 Å². The van der Waals surface area contributed by atoms with E-state index in [9.17, 15) is 9.90 Å². The van der Waals surface area contributed by atoms with E-state index in [1.54, 1.807) is 6.92 Å². The highest BCUT2D eigenvalue weighted by molar-refractivity contribution is 14.0. The Morgan fingerprint density at radius 1 is 1.35 bits per heavy atom. The molecule has 1 amide bonds. The molecular formula is C18H31IN4O2S. The number of amides is 1. The zero-order chi connectivity index (χ0) is 18.1. The van der Waals surface area contributed by atoms with E-state index in [2.05, 4.69) is 20.9 Å². The van der Waals surface area contributed by atoms with Gasteiger partial charge in [0, 0.05) is 17.5 Å². The van der Waals surface area contributed by atoms with Gasteiger partial charge in [-0.25, -0.2) is 4.99 Å². The maximum absolute atomic E-state index is 12.1. The number of guanidine groups is 1. The molecule has 0 radical (unpaired) electrons. The largest absolute Gasteiger partial charge is 0.383 e.